The molecule has 3 heterocycles. The molecule has 2 atom stereocenters. The van der Waals surface area contributed by atoms with Crippen LogP contribution in [0.2, 0.25) is 0 Å². The highest BCUT2D eigenvalue weighted by Crippen LogP contribution is 2.40. The van der Waals surface area contributed by atoms with Crippen LogP contribution in [0.25, 0.3) is 0 Å². The highest BCUT2D eigenvalue weighted by Gasteiger charge is 2.48. The van der Waals surface area contributed by atoms with E-state index in [0.717, 1.165) is 0 Å². The molecule has 2 N–H and O–H groups in total. The van der Waals surface area contributed by atoms with Crippen molar-refractivity contribution in [1.82, 2.24) is 20.0 Å². The number of aromatic nitrogens is 2. The molecule has 0 unspecified atom stereocenters. The normalized spacial score (nSPS) is 17.5. The minimum atomic E-state index is -3.26. The van der Waals surface area contributed by atoms with E-state index in [1.165, 1.54) is 79.9 Å². The van der Waals surface area contributed by atoms with E-state index in [2.05, 4.69) is 15.7 Å². The number of likely N-dealkylation sites (tertiary alicyclic amines) is 1. The van der Waals surface area contributed by atoms with E-state index < -0.39 is 29.8 Å². The molecule has 0 saturated carbocycles. The van der Waals surface area contributed by atoms with Gasteiger partial charge >= 0.3 is 0 Å². The second-order valence-electron chi connectivity index (χ2n) is 11.0. The first-order chi connectivity index (χ1) is 22.2. The lowest BCUT2D eigenvalue weighted by Gasteiger charge is -2.37. The van der Waals surface area contributed by atoms with Gasteiger partial charge in [-0.05, 0) is 30.3 Å². The van der Waals surface area contributed by atoms with E-state index in [1.54, 1.807) is 22.9 Å². The zero-order valence-corrected chi connectivity index (χ0v) is 24.9. The summed E-state index contributed by atoms with van der Waals surface area (Å²) in [5.41, 5.74) is 0.580. The fourth-order valence-corrected chi connectivity index (χ4v) is 6.02. The maximum atomic E-state index is 15.3. The number of methoxy groups -OCH3 is 1. The molecule has 0 radical (unpaired) electrons. The maximum absolute atomic E-state index is 15.3. The number of alkyl halides is 2. The number of anilines is 2. The SMILES string of the molecule is CNC(=O)CN1C[C@H]2[C@H](C1)n1ncc(NC(=O)c3ccc(OC)c(C#N)c3)c1C(=O)N2c1ccc(C(F)(F)c2ccccc2)cc1. The molecule has 2 aliphatic rings. The number of likely N-dealkylation sites (N-methyl/N-ethyl adjacent to an activating group) is 1. The summed E-state index contributed by atoms with van der Waals surface area (Å²) in [4.78, 5) is 43.1. The molecular formula is C33H29F2N7O4. The van der Waals surface area contributed by atoms with Gasteiger partial charge in [0, 0.05) is 42.5 Å². The summed E-state index contributed by atoms with van der Waals surface area (Å²) >= 11 is 0. The highest BCUT2D eigenvalue weighted by molar-refractivity contribution is 6.13. The molecule has 1 saturated heterocycles. The van der Waals surface area contributed by atoms with Crippen LogP contribution in [0.3, 0.4) is 0 Å². The van der Waals surface area contributed by atoms with Gasteiger partial charge in [-0.1, -0.05) is 42.5 Å². The average molecular weight is 626 g/mol. The minimum absolute atomic E-state index is 0.0899. The van der Waals surface area contributed by atoms with Gasteiger partial charge in [-0.25, -0.2) is 0 Å². The molecule has 1 aromatic heterocycles. The Morgan fingerprint density at radius 1 is 1.04 bits per heavy atom. The summed E-state index contributed by atoms with van der Waals surface area (Å²) in [5, 5.41) is 19.2. The van der Waals surface area contributed by atoms with E-state index in [0.29, 0.717) is 24.5 Å². The molecule has 0 bridgehead atoms. The fourth-order valence-electron chi connectivity index (χ4n) is 6.02. The number of carbonyl (C=O) groups excluding carboxylic acids is 3. The number of nitriles is 1. The average Bonchev–Trinajstić information content (AvgIpc) is 3.69. The van der Waals surface area contributed by atoms with Crippen molar-refractivity contribution in [2.24, 2.45) is 0 Å². The number of carbonyl (C=O) groups is 3. The van der Waals surface area contributed by atoms with Gasteiger partial charge < -0.3 is 20.3 Å². The van der Waals surface area contributed by atoms with Crippen LogP contribution in [0, 0.1) is 11.3 Å². The van der Waals surface area contributed by atoms with Gasteiger partial charge in [-0.3, -0.25) is 24.0 Å². The topological polar surface area (TPSA) is 133 Å². The predicted octanol–water partition coefficient (Wildman–Crippen LogP) is 3.79. The quantitative estimate of drug-likeness (QED) is 0.305. The second-order valence-corrected chi connectivity index (χ2v) is 11.0. The molecule has 1 fully saturated rings. The Morgan fingerprint density at radius 2 is 1.74 bits per heavy atom. The number of ether oxygens (including phenoxy) is 1. The highest BCUT2D eigenvalue weighted by atomic mass is 19.3. The van der Waals surface area contributed by atoms with E-state index in [-0.39, 0.29) is 46.1 Å². The van der Waals surface area contributed by atoms with Crippen molar-refractivity contribution in [3.05, 3.63) is 107 Å². The summed E-state index contributed by atoms with van der Waals surface area (Å²) in [5.74, 6) is -4.21. The molecule has 0 aliphatic carbocycles. The van der Waals surface area contributed by atoms with Gasteiger partial charge in [0.15, 0.2) is 5.69 Å². The third-order valence-corrected chi connectivity index (χ3v) is 8.32. The molecule has 0 spiro atoms. The molecule has 4 aromatic rings. The van der Waals surface area contributed by atoms with Crippen LogP contribution in [-0.2, 0) is 10.7 Å². The first kappa shape index (κ1) is 30.4. The fraction of sp³-hybridized carbons (Fsp3) is 0.242. The minimum Gasteiger partial charge on any atom is -0.495 e. The second kappa shape index (κ2) is 12.1. The van der Waals surface area contributed by atoms with Gasteiger partial charge in [0.05, 0.1) is 43.2 Å². The Hall–Kier alpha value is -5.61. The van der Waals surface area contributed by atoms with Crippen LogP contribution >= 0.6 is 0 Å². The number of hydrogen-bond donors (Lipinski definition) is 2. The van der Waals surface area contributed by atoms with Crippen LogP contribution in [0.4, 0.5) is 20.2 Å². The van der Waals surface area contributed by atoms with Gasteiger partial charge in [-0.2, -0.15) is 19.1 Å². The smallest absolute Gasteiger partial charge is 0.298 e. The molecule has 2 aliphatic heterocycles. The predicted molar refractivity (Wildman–Crippen MR) is 164 cm³/mol. The van der Waals surface area contributed by atoms with Crippen molar-refractivity contribution < 1.29 is 27.9 Å². The van der Waals surface area contributed by atoms with Crippen molar-refractivity contribution in [2.45, 2.75) is 18.0 Å². The van der Waals surface area contributed by atoms with Crippen LogP contribution in [0.15, 0.2) is 79.0 Å². The molecule has 13 heteroatoms. The number of fused-ring (bicyclic) bond motifs is 3. The maximum Gasteiger partial charge on any atom is 0.298 e. The Labute approximate surface area is 263 Å². The van der Waals surface area contributed by atoms with Crippen molar-refractivity contribution in [2.75, 3.05) is 44.0 Å². The van der Waals surface area contributed by atoms with E-state index >= 15 is 8.78 Å². The lowest BCUT2D eigenvalue weighted by molar-refractivity contribution is -0.121. The number of nitrogens with one attached hydrogen (secondary N) is 2. The lowest BCUT2D eigenvalue weighted by atomic mass is 9.99. The van der Waals surface area contributed by atoms with Crippen LogP contribution in [-0.4, -0.2) is 72.2 Å². The number of rotatable bonds is 8. The Kier molecular flexibility index (Phi) is 7.97. The van der Waals surface area contributed by atoms with Gasteiger partial charge in [0.25, 0.3) is 17.7 Å². The molecule has 6 rings (SSSR count). The first-order valence-electron chi connectivity index (χ1n) is 14.4. The Bertz CT molecular complexity index is 1850. The number of benzene rings is 3. The third-order valence-electron chi connectivity index (χ3n) is 8.32. The van der Waals surface area contributed by atoms with E-state index in [4.69, 9.17) is 4.74 Å². The number of amides is 3. The van der Waals surface area contributed by atoms with Gasteiger partial charge in [0.2, 0.25) is 5.91 Å². The van der Waals surface area contributed by atoms with Gasteiger partial charge in [-0.15, -0.1) is 0 Å². The van der Waals surface area contributed by atoms with E-state index in [1.807, 2.05) is 11.0 Å². The monoisotopic (exact) mass is 625 g/mol. The molecule has 11 nitrogen and oxygen atoms in total. The van der Waals surface area contributed by atoms with Crippen molar-refractivity contribution in [3.8, 4) is 11.8 Å². The van der Waals surface area contributed by atoms with Crippen molar-refractivity contribution in [3.63, 3.8) is 0 Å². The standard InChI is InChI=1S/C33H29F2N7O4/c1-37-29(43)19-40-17-26-27(18-40)42-30(25(16-38-42)39-31(44)20-8-13-28(46-2)21(14-20)15-36)32(45)41(26)24-11-9-23(10-12-24)33(34,35)22-6-4-3-5-7-22/h3-14,16,26-27H,17-19H2,1-2H3,(H,37,43)(H,39,44)/t26-,27-/m0/s1. The Morgan fingerprint density at radius 3 is 2.41 bits per heavy atom. The molecule has 46 heavy (non-hydrogen) atoms. The zero-order valence-electron chi connectivity index (χ0n) is 24.9. The van der Waals surface area contributed by atoms with E-state index in [9.17, 15) is 19.6 Å². The molecule has 3 amide bonds. The summed E-state index contributed by atoms with van der Waals surface area (Å²) < 4.78 is 37.3. The summed E-state index contributed by atoms with van der Waals surface area (Å²) in [7, 11) is 2.96. The van der Waals surface area contributed by atoms with Crippen LogP contribution < -0.4 is 20.3 Å². The summed E-state index contributed by atoms with van der Waals surface area (Å²) in [6.07, 6.45) is 1.38. The molecule has 3 aromatic carbocycles. The number of hydrogen-bond acceptors (Lipinski definition) is 7. The van der Waals surface area contributed by atoms with Crippen LogP contribution in [0.5, 0.6) is 5.75 Å². The first-order valence-corrected chi connectivity index (χ1v) is 14.4. The summed E-state index contributed by atoms with van der Waals surface area (Å²) in [6, 6.07) is 18.5. The summed E-state index contributed by atoms with van der Waals surface area (Å²) in [6.45, 7) is 0.792. The lowest BCUT2D eigenvalue weighted by Crippen LogP contribution is -2.51. The largest absolute Gasteiger partial charge is 0.495 e. The molecule has 234 valence electrons. The van der Waals surface area contributed by atoms with Crippen LogP contribution in [0.1, 0.15) is 43.6 Å². The van der Waals surface area contributed by atoms with Crippen molar-refractivity contribution in [1.29, 1.82) is 5.26 Å². The zero-order chi connectivity index (χ0) is 32.6. The number of nitrogens with zero attached hydrogens (tertiary/aromatic N) is 5. The third kappa shape index (κ3) is 5.33. The van der Waals surface area contributed by atoms with Crippen molar-refractivity contribution >= 4 is 29.1 Å². The number of halogens is 2. The molecular weight excluding hydrogens is 596 g/mol. The Balaban J connectivity index is 1.35. The van der Waals surface area contributed by atoms with Gasteiger partial charge in [0.1, 0.15) is 11.8 Å².